The molecule has 3 rings (SSSR count). The molecule has 39 heavy (non-hydrogen) atoms. The maximum Gasteiger partial charge on any atom is 0.345 e. The number of anilines is 2. The number of hydrogen-bond donors (Lipinski definition) is 2. The second kappa shape index (κ2) is 13.9. The number of hydrogen-bond acceptors (Lipinski definition) is 7. The van der Waals surface area contributed by atoms with Crippen LogP contribution >= 0.6 is 27.5 Å². The fourth-order valence-corrected chi connectivity index (χ4v) is 4.21. The zero-order valence-electron chi connectivity index (χ0n) is 21.4. The Morgan fingerprint density at radius 2 is 1.62 bits per heavy atom. The van der Waals surface area contributed by atoms with Crippen LogP contribution in [0.4, 0.5) is 11.4 Å². The Kier molecular flexibility index (Phi) is 10.7. The molecule has 0 saturated heterocycles. The van der Waals surface area contributed by atoms with Gasteiger partial charge in [0.1, 0.15) is 0 Å². The third-order valence-electron chi connectivity index (χ3n) is 5.72. The van der Waals surface area contributed by atoms with Crippen LogP contribution in [0.1, 0.15) is 18.1 Å². The highest BCUT2D eigenvalue weighted by atomic mass is 79.9. The first-order chi connectivity index (χ1) is 18.7. The molecule has 3 aromatic carbocycles. The van der Waals surface area contributed by atoms with Crippen molar-refractivity contribution in [1.82, 2.24) is 0 Å². The molecule has 0 radical (unpaired) electrons. The molecule has 1 amide bonds. The van der Waals surface area contributed by atoms with E-state index >= 15 is 0 Å². The van der Waals surface area contributed by atoms with Crippen LogP contribution in [-0.4, -0.2) is 37.6 Å². The predicted molar refractivity (Wildman–Crippen MR) is 153 cm³/mol. The van der Waals surface area contributed by atoms with Gasteiger partial charge in [-0.15, -0.1) is 0 Å². The number of carbonyl (C=O) groups is 3. The van der Waals surface area contributed by atoms with E-state index in [-0.39, 0.29) is 19.1 Å². The summed E-state index contributed by atoms with van der Waals surface area (Å²) in [5, 5.41) is 6.19. The predicted octanol–water partition coefficient (Wildman–Crippen LogP) is 5.86. The van der Waals surface area contributed by atoms with Gasteiger partial charge in [0.05, 0.1) is 20.3 Å². The van der Waals surface area contributed by atoms with Gasteiger partial charge in [-0.3, -0.25) is 4.79 Å². The first-order valence-electron chi connectivity index (χ1n) is 11.9. The number of halogens is 2. The van der Waals surface area contributed by atoms with E-state index in [4.69, 9.17) is 25.8 Å². The fraction of sp³-hybridized carbons (Fsp3) is 0.207. The van der Waals surface area contributed by atoms with E-state index in [9.17, 15) is 14.4 Å². The molecule has 2 unspecified atom stereocenters. The number of rotatable bonds is 12. The monoisotopic (exact) mass is 614 g/mol. The zero-order valence-corrected chi connectivity index (χ0v) is 23.8. The number of nitrogens with one attached hydrogen (secondary N) is 2. The van der Waals surface area contributed by atoms with E-state index in [0.29, 0.717) is 22.0 Å². The molecule has 3 aromatic rings. The summed E-state index contributed by atoms with van der Waals surface area (Å²) in [5.41, 5.74) is 0.0799. The molecular weight excluding hydrogens is 588 g/mol. The van der Waals surface area contributed by atoms with Gasteiger partial charge in [0.2, 0.25) is 11.5 Å². The molecule has 0 saturated carbocycles. The quantitative estimate of drug-likeness (QED) is 0.194. The Labute approximate surface area is 240 Å². The molecule has 0 bridgehead atoms. The van der Waals surface area contributed by atoms with Crippen molar-refractivity contribution in [3.8, 4) is 0 Å². The van der Waals surface area contributed by atoms with Crippen molar-refractivity contribution in [2.75, 3.05) is 24.4 Å². The lowest BCUT2D eigenvalue weighted by molar-refractivity contribution is -0.183. The molecule has 204 valence electrons. The second-order valence-corrected chi connectivity index (χ2v) is 9.60. The van der Waals surface area contributed by atoms with Gasteiger partial charge in [-0.1, -0.05) is 58.4 Å². The van der Waals surface area contributed by atoms with Crippen LogP contribution in [0, 0.1) is 0 Å². The Morgan fingerprint density at radius 3 is 2.18 bits per heavy atom. The molecule has 0 aromatic heterocycles. The Morgan fingerprint density at radius 1 is 1.00 bits per heavy atom. The summed E-state index contributed by atoms with van der Waals surface area (Å²) in [6.45, 7) is 5.13. The summed E-state index contributed by atoms with van der Waals surface area (Å²) in [6, 6.07) is 18.9. The highest BCUT2D eigenvalue weighted by Crippen LogP contribution is 2.36. The zero-order chi connectivity index (χ0) is 28.4. The van der Waals surface area contributed by atoms with E-state index in [0.717, 1.165) is 16.1 Å². The van der Waals surface area contributed by atoms with Gasteiger partial charge in [-0.05, 0) is 72.7 Å². The lowest BCUT2D eigenvalue weighted by Crippen LogP contribution is -2.57. The Balaban J connectivity index is 2.12. The SMILES string of the molecule is C=CC(=O)Nc1ccc(NC(C(=O)OCC)C(OCc2ccc(Br)cc2)(C(=O)OC)c2ccc(Cl)cc2)cc1. The van der Waals surface area contributed by atoms with Crippen molar-refractivity contribution in [3.05, 3.63) is 106 Å². The summed E-state index contributed by atoms with van der Waals surface area (Å²) in [4.78, 5) is 38.8. The van der Waals surface area contributed by atoms with E-state index < -0.39 is 23.6 Å². The summed E-state index contributed by atoms with van der Waals surface area (Å²) >= 11 is 9.55. The molecule has 8 nitrogen and oxygen atoms in total. The van der Waals surface area contributed by atoms with Gasteiger partial charge in [-0.25, -0.2) is 9.59 Å². The summed E-state index contributed by atoms with van der Waals surface area (Å²) < 4.78 is 17.9. The lowest BCUT2D eigenvalue weighted by Gasteiger charge is -2.38. The van der Waals surface area contributed by atoms with Crippen LogP contribution < -0.4 is 10.6 Å². The number of carbonyl (C=O) groups excluding carboxylic acids is 3. The van der Waals surface area contributed by atoms with Crippen LogP contribution in [0.2, 0.25) is 5.02 Å². The number of benzene rings is 3. The second-order valence-electron chi connectivity index (χ2n) is 8.25. The smallest absolute Gasteiger partial charge is 0.345 e. The minimum atomic E-state index is -1.98. The van der Waals surface area contributed by atoms with Crippen molar-refractivity contribution in [3.63, 3.8) is 0 Å². The van der Waals surface area contributed by atoms with Gasteiger partial charge in [0.15, 0.2) is 6.04 Å². The van der Waals surface area contributed by atoms with E-state index in [1.165, 1.54) is 7.11 Å². The standard InChI is InChI=1S/C29H28BrClN2O6/c1-4-25(34)32-23-14-16-24(17-15-23)33-26(27(35)38-5-2)29(28(36)37-3,20-8-12-22(31)13-9-20)39-18-19-6-10-21(30)11-7-19/h4,6-17,26,33H,1,5,18H2,2-3H3,(H,32,34). The number of methoxy groups -OCH3 is 1. The van der Waals surface area contributed by atoms with Gasteiger partial charge in [0, 0.05) is 20.9 Å². The van der Waals surface area contributed by atoms with Crippen LogP contribution in [-0.2, 0) is 40.8 Å². The molecule has 2 N–H and O–H groups in total. The normalized spacial score (nSPS) is 12.9. The van der Waals surface area contributed by atoms with Gasteiger partial charge >= 0.3 is 11.9 Å². The molecular formula is C29H28BrClN2O6. The average molecular weight is 616 g/mol. The van der Waals surface area contributed by atoms with Gasteiger partial charge in [-0.2, -0.15) is 0 Å². The van der Waals surface area contributed by atoms with Crippen LogP contribution in [0.3, 0.4) is 0 Å². The molecule has 0 heterocycles. The number of esters is 2. The minimum absolute atomic E-state index is 0.0326. The summed E-state index contributed by atoms with van der Waals surface area (Å²) in [6.07, 6.45) is 1.16. The van der Waals surface area contributed by atoms with Crippen LogP contribution in [0.25, 0.3) is 0 Å². The topological polar surface area (TPSA) is 103 Å². The van der Waals surface area contributed by atoms with Gasteiger partial charge in [0.25, 0.3) is 0 Å². The molecule has 2 atom stereocenters. The number of amides is 1. The van der Waals surface area contributed by atoms with Crippen molar-refractivity contribution in [2.45, 2.75) is 25.2 Å². The van der Waals surface area contributed by atoms with Crippen LogP contribution in [0.15, 0.2) is 89.9 Å². The molecule has 0 spiro atoms. The first-order valence-corrected chi connectivity index (χ1v) is 13.1. The van der Waals surface area contributed by atoms with Crippen molar-refractivity contribution < 1.29 is 28.6 Å². The first kappa shape index (κ1) is 29.9. The van der Waals surface area contributed by atoms with Crippen molar-refractivity contribution in [2.24, 2.45) is 0 Å². The third kappa shape index (κ3) is 7.47. The van der Waals surface area contributed by atoms with E-state index in [1.54, 1.807) is 55.5 Å². The largest absolute Gasteiger partial charge is 0.467 e. The molecule has 0 aliphatic carbocycles. The number of ether oxygens (including phenoxy) is 3. The average Bonchev–Trinajstić information content (AvgIpc) is 2.94. The van der Waals surface area contributed by atoms with Crippen molar-refractivity contribution in [1.29, 1.82) is 0 Å². The maximum absolute atomic E-state index is 13.7. The van der Waals surface area contributed by atoms with E-state index in [2.05, 4.69) is 33.1 Å². The lowest BCUT2D eigenvalue weighted by atomic mass is 9.85. The fourth-order valence-electron chi connectivity index (χ4n) is 3.82. The highest BCUT2D eigenvalue weighted by molar-refractivity contribution is 9.10. The Bertz CT molecular complexity index is 1300. The summed E-state index contributed by atoms with van der Waals surface area (Å²) in [7, 11) is 1.22. The van der Waals surface area contributed by atoms with E-state index in [1.807, 2.05) is 24.3 Å². The highest BCUT2D eigenvalue weighted by Gasteiger charge is 2.54. The molecule has 10 heteroatoms. The maximum atomic E-state index is 13.7. The molecule has 0 aliphatic rings. The molecule has 0 fully saturated rings. The minimum Gasteiger partial charge on any atom is -0.467 e. The van der Waals surface area contributed by atoms with Gasteiger partial charge < -0.3 is 24.8 Å². The van der Waals surface area contributed by atoms with Crippen LogP contribution in [0.5, 0.6) is 0 Å². The Hall–Kier alpha value is -3.66. The van der Waals surface area contributed by atoms with Crippen molar-refractivity contribution >= 4 is 56.8 Å². The third-order valence-corrected chi connectivity index (χ3v) is 6.50. The summed E-state index contributed by atoms with van der Waals surface area (Å²) in [5.74, 6) is -1.92. The molecule has 0 aliphatic heterocycles.